The molecule has 0 N–H and O–H groups in total. The van der Waals surface area contributed by atoms with Crippen LogP contribution in [0.5, 0.6) is 0 Å². The van der Waals surface area contributed by atoms with Crippen molar-refractivity contribution in [3.63, 3.8) is 0 Å². The van der Waals surface area contributed by atoms with Crippen molar-refractivity contribution in [2.75, 3.05) is 5.75 Å². The Balaban J connectivity index is 1.89. The molecule has 1 aliphatic heterocycles. The molecule has 7 nitrogen and oxygen atoms in total. The number of nitro groups is 1. The summed E-state index contributed by atoms with van der Waals surface area (Å²) in [5, 5.41) is 24.7. The Morgan fingerprint density at radius 3 is 3.00 bits per heavy atom. The lowest BCUT2D eigenvalue weighted by Gasteiger charge is -2.13. The number of fused-ring (bicyclic) bond motifs is 1. The molecule has 0 amide bonds. The van der Waals surface area contributed by atoms with E-state index in [1.165, 1.54) is 6.07 Å². The molecule has 0 radical (unpaired) electrons. The summed E-state index contributed by atoms with van der Waals surface area (Å²) >= 11 is 1.55. The molecule has 0 atom stereocenters. The van der Waals surface area contributed by atoms with E-state index >= 15 is 0 Å². The van der Waals surface area contributed by atoms with Gasteiger partial charge in [0.2, 0.25) is 5.16 Å². The van der Waals surface area contributed by atoms with E-state index in [4.69, 9.17) is 0 Å². The second-order valence-corrected chi connectivity index (χ2v) is 6.25. The number of aryl methyl sites for hydroxylation is 1. The van der Waals surface area contributed by atoms with E-state index in [2.05, 4.69) is 22.2 Å². The maximum absolute atomic E-state index is 10.9. The van der Waals surface area contributed by atoms with Gasteiger partial charge in [-0.05, 0) is 6.42 Å². The Morgan fingerprint density at radius 1 is 1.35 bits per heavy atom. The van der Waals surface area contributed by atoms with Gasteiger partial charge in [0.15, 0.2) is 5.82 Å². The first-order valence-electron chi connectivity index (χ1n) is 7.59. The minimum Gasteiger partial charge on any atom is -0.258 e. The van der Waals surface area contributed by atoms with Gasteiger partial charge < -0.3 is 0 Å². The minimum atomic E-state index is -0.388. The SMILES string of the molecule is CCCCCc1nnc2n1N=C(c1cccc([N+](=O)[O-])c1)CS2. The van der Waals surface area contributed by atoms with E-state index in [1.54, 1.807) is 28.6 Å². The monoisotopic (exact) mass is 331 g/mol. The van der Waals surface area contributed by atoms with Gasteiger partial charge in [0.1, 0.15) is 0 Å². The summed E-state index contributed by atoms with van der Waals surface area (Å²) in [6, 6.07) is 6.58. The first kappa shape index (κ1) is 15.7. The fraction of sp³-hybridized carbons (Fsp3) is 0.400. The number of nitrogens with zero attached hydrogens (tertiary/aromatic N) is 5. The van der Waals surface area contributed by atoms with Crippen molar-refractivity contribution in [1.82, 2.24) is 14.9 Å². The molecule has 0 aliphatic carbocycles. The molecule has 2 heterocycles. The van der Waals surface area contributed by atoms with Crippen molar-refractivity contribution < 1.29 is 4.92 Å². The van der Waals surface area contributed by atoms with Gasteiger partial charge in [0.25, 0.3) is 5.69 Å². The van der Waals surface area contributed by atoms with Gasteiger partial charge in [-0.2, -0.15) is 9.78 Å². The normalized spacial score (nSPS) is 13.5. The summed E-state index contributed by atoms with van der Waals surface area (Å²) in [7, 11) is 0. The predicted octanol–water partition coefficient (Wildman–Crippen LogP) is 3.28. The van der Waals surface area contributed by atoms with Gasteiger partial charge in [-0.25, -0.2) is 0 Å². The Labute approximate surface area is 138 Å². The lowest BCUT2D eigenvalue weighted by Crippen LogP contribution is -2.14. The van der Waals surface area contributed by atoms with E-state index in [0.29, 0.717) is 5.75 Å². The highest BCUT2D eigenvalue weighted by Crippen LogP contribution is 2.25. The Morgan fingerprint density at radius 2 is 2.22 bits per heavy atom. The molecular formula is C15H17N5O2S. The molecule has 8 heteroatoms. The minimum absolute atomic E-state index is 0.0768. The fourth-order valence-corrected chi connectivity index (χ4v) is 3.25. The number of nitro benzene ring substituents is 1. The molecule has 0 unspecified atom stereocenters. The maximum atomic E-state index is 10.9. The van der Waals surface area contributed by atoms with Crippen molar-refractivity contribution in [1.29, 1.82) is 0 Å². The molecule has 1 aromatic heterocycles. The number of hydrogen-bond donors (Lipinski definition) is 0. The summed E-state index contributed by atoms with van der Waals surface area (Å²) in [5.41, 5.74) is 1.65. The number of benzene rings is 1. The van der Waals surface area contributed by atoms with Gasteiger partial charge >= 0.3 is 0 Å². The second-order valence-electron chi connectivity index (χ2n) is 5.31. The van der Waals surface area contributed by atoms with Gasteiger partial charge in [-0.3, -0.25) is 10.1 Å². The standard InChI is InChI=1S/C15H17N5O2S/c1-2-3-4-8-14-16-17-15-19(14)18-13(10-23-15)11-6-5-7-12(9-11)20(21)22/h5-7,9H,2-4,8,10H2,1H3. The number of rotatable bonds is 6. The predicted molar refractivity (Wildman–Crippen MR) is 89.0 cm³/mol. The van der Waals surface area contributed by atoms with Crippen molar-refractivity contribution in [2.45, 2.75) is 37.8 Å². The quantitative estimate of drug-likeness (QED) is 0.460. The van der Waals surface area contributed by atoms with Gasteiger partial charge in [0, 0.05) is 29.9 Å². The first-order valence-corrected chi connectivity index (χ1v) is 8.57. The average molecular weight is 331 g/mol. The van der Waals surface area contributed by atoms with Crippen molar-refractivity contribution in [2.24, 2.45) is 5.10 Å². The fourth-order valence-electron chi connectivity index (χ4n) is 2.40. The first-order chi connectivity index (χ1) is 11.2. The van der Waals surface area contributed by atoms with Crippen molar-refractivity contribution in [3.8, 4) is 0 Å². The van der Waals surface area contributed by atoms with Crippen LogP contribution in [0.15, 0.2) is 34.5 Å². The molecule has 23 heavy (non-hydrogen) atoms. The summed E-state index contributed by atoms with van der Waals surface area (Å²) in [6.07, 6.45) is 4.20. The zero-order valence-corrected chi connectivity index (χ0v) is 13.6. The number of thioether (sulfide) groups is 1. The molecule has 0 spiro atoms. The molecule has 0 bridgehead atoms. The Kier molecular flexibility index (Phi) is 4.71. The molecule has 2 aromatic rings. The summed E-state index contributed by atoms with van der Waals surface area (Å²) < 4.78 is 1.78. The number of non-ortho nitro benzene ring substituents is 1. The largest absolute Gasteiger partial charge is 0.270 e. The summed E-state index contributed by atoms with van der Waals surface area (Å²) in [6.45, 7) is 2.16. The molecule has 1 aliphatic rings. The van der Waals surface area contributed by atoms with E-state index in [9.17, 15) is 10.1 Å². The maximum Gasteiger partial charge on any atom is 0.270 e. The van der Waals surface area contributed by atoms with Crippen LogP contribution >= 0.6 is 11.8 Å². The molecule has 0 saturated carbocycles. The van der Waals surface area contributed by atoms with Gasteiger partial charge in [-0.15, -0.1) is 10.2 Å². The van der Waals surface area contributed by atoms with Crippen LogP contribution in [0.2, 0.25) is 0 Å². The highest BCUT2D eigenvalue weighted by Gasteiger charge is 2.20. The molecule has 120 valence electrons. The third-order valence-electron chi connectivity index (χ3n) is 3.63. The van der Waals surface area contributed by atoms with Crippen LogP contribution in [0.3, 0.4) is 0 Å². The van der Waals surface area contributed by atoms with Crippen LogP contribution in [-0.4, -0.2) is 31.3 Å². The molecule has 0 fully saturated rings. The summed E-state index contributed by atoms with van der Waals surface area (Å²) in [5.74, 6) is 1.48. The highest BCUT2D eigenvalue weighted by molar-refractivity contribution is 7.99. The summed E-state index contributed by atoms with van der Waals surface area (Å²) in [4.78, 5) is 10.5. The van der Waals surface area contributed by atoms with E-state index in [1.807, 2.05) is 6.07 Å². The topological polar surface area (TPSA) is 86.2 Å². The zero-order valence-electron chi connectivity index (χ0n) is 12.8. The number of aromatic nitrogens is 3. The molecule has 1 aromatic carbocycles. The Hall–Kier alpha value is -2.22. The van der Waals surface area contributed by atoms with E-state index in [0.717, 1.165) is 47.9 Å². The lowest BCUT2D eigenvalue weighted by molar-refractivity contribution is -0.384. The third-order valence-corrected chi connectivity index (χ3v) is 4.56. The van der Waals surface area contributed by atoms with Crippen LogP contribution in [0.4, 0.5) is 5.69 Å². The average Bonchev–Trinajstić information content (AvgIpc) is 2.97. The third kappa shape index (κ3) is 3.42. The van der Waals surface area contributed by atoms with Crippen LogP contribution in [0.1, 0.15) is 37.6 Å². The van der Waals surface area contributed by atoms with Gasteiger partial charge in [0.05, 0.1) is 10.6 Å². The van der Waals surface area contributed by atoms with Crippen LogP contribution < -0.4 is 0 Å². The van der Waals surface area contributed by atoms with Crippen LogP contribution in [0.25, 0.3) is 0 Å². The smallest absolute Gasteiger partial charge is 0.258 e. The van der Waals surface area contributed by atoms with E-state index < -0.39 is 0 Å². The van der Waals surface area contributed by atoms with Crippen molar-refractivity contribution >= 4 is 23.2 Å². The number of hydrogen-bond acceptors (Lipinski definition) is 6. The molecule has 3 rings (SSSR count). The van der Waals surface area contributed by atoms with E-state index in [-0.39, 0.29) is 10.6 Å². The van der Waals surface area contributed by atoms with Crippen LogP contribution in [0, 0.1) is 10.1 Å². The second kappa shape index (κ2) is 6.91. The van der Waals surface area contributed by atoms with Crippen molar-refractivity contribution in [3.05, 3.63) is 45.8 Å². The van der Waals surface area contributed by atoms with Gasteiger partial charge in [-0.1, -0.05) is 43.7 Å². The molecule has 0 saturated heterocycles. The number of unbranched alkanes of at least 4 members (excludes halogenated alkanes) is 2. The lowest BCUT2D eigenvalue weighted by atomic mass is 10.1. The zero-order chi connectivity index (χ0) is 16.2. The highest BCUT2D eigenvalue weighted by atomic mass is 32.2. The molecular weight excluding hydrogens is 314 g/mol. The Bertz CT molecular complexity index is 756. The van der Waals surface area contributed by atoms with Crippen LogP contribution in [-0.2, 0) is 6.42 Å².